The molecule has 0 aliphatic carbocycles. The fraction of sp³-hybridized carbons (Fsp3) is 0.267. The van der Waals surface area contributed by atoms with Crippen molar-refractivity contribution in [3.8, 4) is 0 Å². The van der Waals surface area contributed by atoms with Crippen LogP contribution in [0.1, 0.15) is 25.7 Å². The van der Waals surface area contributed by atoms with Crippen LogP contribution in [0.3, 0.4) is 0 Å². The molecule has 0 unspecified atom stereocenters. The van der Waals surface area contributed by atoms with Gasteiger partial charge in [0.15, 0.2) is 0 Å². The van der Waals surface area contributed by atoms with Crippen molar-refractivity contribution >= 4 is 50.6 Å². The van der Waals surface area contributed by atoms with E-state index in [4.69, 9.17) is 0 Å². The number of carbonyl (C=O) groups excluding carboxylic acids is 1. The maximum atomic E-state index is 12.3. The van der Waals surface area contributed by atoms with Gasteiger partial charge in [-0.15, -0.1) is 11.3 Å². The second-order valence-corrected chi connectivity index (χ2v) is 7.88. The number of hydrogen-bond donors (Lipinski definition) is 1. The molecule has 0 atom stereocenters. The number of rotatable bonds is 2. The Morgan fingerprint density at radius 3 is 2.95 bits per heavy atom. The summed E-state index contributed by atoms with van der Waals surface area (Å²) in [6.07, 6.45) is 1.09. The zero-order chi connectivity index (χ0) is 14.1. The van der Waals surface area contributed by atoms with Crippen molar-refractivity contribution in [2.24, 2.45) is 0 Å². The van der Waals surface area contributed by atoms with E-state index in [2.05, 4.69) is 21.2 Å². The first-order valence-electron chi connectivity index (χ1n) is 6.40. The number of thioether (sulfide) groups is 1. The van der Waals surface area contributed by atoms with E-state index in [1.54, 1.807) is 11.3 Å². The molecule has 1 aromatic heterocycles. The van der Waals surface area contributed by atoms with E-state index in [0.717, 1.165) is 32.8 Å². The molecule has 2 aromatic rings. The average Bonchev–Trinajstić information content (AvgIpc) is 2.87. The van der Waals surface area contributed by atoms with Crippen LogP contribution in [0.2, 0.25) is 0 Å². The lowest BCUT2D eigenvalue weighted by Crippen LogP contribution is -2.10. The van der Waals surface area contributed by atoms with Crippen LogP contribution < -0.4 is 5.32 Å². The number of carbonyl (C=O) groups is 1. The SMILES string of the molecule is Cc1cc(NC(=O)c2cc3c(s2)CCSC3)ccc1Br. The van der Waals surface area contributed by atoms with Gasteiger partial charge < -0.3 is 5.32 Å². The number of thiophene rings is 1. The van der Waals surface area contributed by atoms with Crippen molar-refractivity contribution < 1.29 is 4.79 Å². The molecule has 1 aromatic carbocycles. The summed E-state index contributed by atoms with van der Waals surface area (Å²) < 4.78 is 1.05. The molecule has 5 heteroatoms. The molecular formula is C15H14BrNOS2. The Labute approximate surface area is 135 Å². The first-order chi connectivity index (χ1) is 9.63. The number of benzene rings is 1. The normalized spacial score (nSPS) is 13.9. The van der Waals surface area contributed by atoms with Gasteiger partial charge in [0.05, 0.1) is 4.88 Å². The lowest BCUT2D eigenvalue weighted by Gasteiger charge is -2.08. The van der Waals surface area contributed by atoms with Gasteiger partial charge >= 0.3 is 0 Å². The number of anilines is 1. The third kappa shape index (κ3) is 2.95. The molecule has 0 fully saturated rings. The first-order valence-corrected chi connectivity index (χ1v) is 9.17. The third-order valence-electron chi connectivity index (χ3n) is 3.27. The Balaban J connectivity index is 1.78. The van der Waals surface area contributed by atoms with Crippen LogP contribution in [0.5, 0.6) is 0 Å². The number of nitrogens with one attached hydrogen (secondary N) is 1. The van der Waals surface area contributed by atoms with E-state index in [9.17, 15) is 4.79 Å². The van der Waals surface area contributed by atoms with Crippen LogP contribution in [-0.4, -0.2) is 11.7 Å². The summed E-state index contributed by atoms with van der Waals surface area (Å²) in [7, 11) is 0. The van der Waals surface area contributed by atoms with E-state index < -0.39 is 0 Å². The lowest BCUT2D eigenvalue weighted by molar-refractivity contribution is 0.103. The van der Waals surface area contributed by atoms with E-state index >= 15 is 0 Å². The molecule has 0 saturated carbocycles. The molecule has 3 rings (SSSR count). The Morgan fingerprint density at radius 1 is 1.35 bits per heavy atom. The standard InChI is InChI=1S/C15H14BrNOS2/c1-9-6-11(2-3-12(9)16)17-15(18)14-7-10-8-19-5-4-13(10)20-14/h2-3,6-7H,4-5,8H2,1H3,(H,17,18). The molecule has 1 amide bonds. The molecule has 2 nitrogen and oxygen atoms in total. The summed E-state index contributed by atoms with van der Waals surface area (Å²) in [5.74, 6) is 2.20. The molecular weight excluding hydrogens is 354 g/mol. The maximum absolute atomic E-state index is 12.3. The molecule has 0 spiro atoms. The van der Waals surface area contributed by atoms with Gasteiger partial charge in [0.25, 0.3) is 5.91 Å². The van der Waals surface area contributed by atoms with E-state index in [1.165, 1.54) is 16.2 Å². The van der Waals surface area contributed by atoms with Crippen LogP contribution >= 0.6 is 39.0 Å². The summed E-state index contributed by atoms with van der Waals surface area (Å²) in [6.45, 7) is 2.01. The smallest absolute Gasteiger partial charge is 0.265 e. The van der Waals surface area contributed by atoms with Crippen LogP contribution in [-0.2, 0) is 12.2 Å². The molecule has 0 saturated heterocycles. The minimum atomic E-state index is -0.00359. The highest BCUT2D eigenvalue weighted by molar-refractivity contribution is 9.10. The second kappa shape index (κ2) is 5.92. The van der Waals surface area contributed by atoms with Gasteiger partial charge in [-0.1, -0.05) is 15.9 Å². The highest BCUT2D eigenvalue weighted by Crippen LogP contribution is 2.32. The monoisotopic (exact) mass is 367 g/mol. The van der Waals surface area contributed by atoms with Gasteiger partial charge in [0.2, 0.25) is 0 Å². The van der Waals surface area contributed by atoms with E-state index in [1.807, 2.05) is 43.0 Å². The van der Waals surface area contributed by atoms with Crippen molar-refractivity contribution in [2.45, 2.75) is 19.1 Å². The Morgan fingerprint density at radius 2 is 2.20 bits per heavy atom. The highest BCUT2D eigenvalue weighted by atomic mass is 79.9. The Bertz CT molecular complexity index is 642. The number of halogens is 1. The molecule has 1 aliphatic heterocycles. The van der Waals surface area contributed by atoms with Crippen LogP contribution in [0.15, 0.2) is 28.7 Å². The number of fused-ring (bicyclic) bond motifs is 1. The van der Waals surface area contributed by atoms with Crippen LogP contribution in [0, 0.1) is 6.92 Å². The summed E-state index contributed by atoms with van der Waals surface area (Å²) >= 11 is 7.04. The van der Waals surface area contributed by atoms with Gasteiger partial charge in [-0.2, -0.15) is 11.8 Å². The highest BCUT2D eigenvalue weighted by Gasteiger charge is 2.17. The fourth-order valence-corrected chi connectivity index (χ4v) is 4.69. The minimum absolute atomic E-state index is 0.00359. The topological polar surface area (TPSA) is 29.1 Å². The predicted octanol–water partition coefficient (Wildman–Crippen LogP) is 4.86. The lowest BCUT2D eigenvalue weighted by atomic mass is 10.2. The zero-order valence-corrected chi connectivity index (χ0v) is 14.3. The van der Waals surface area contributed by atoms with Crippen molar-refractivity contribution in [1.29, 1.82) is 0 Å². The van der Waals surface area contributed by atoms with Crippen molar-refractivity contribution in [2.75, 3.05) is 11.1 Å². The minimum Gasteiger partial charge on any atom is -0.321 e. The number of aryl methyl sites for hydroxylation is 2. The number of hydrogen-bond acceptors (Lipinski definition) is 3. The van der Waals surface area contributed by atoms with Gasteiger partial charge in [0, 0.05) is 20.8 Å². The van der Waals surface area contributed by atoms with Gasteiger partial charge in [-0.25, -0.2) is 0 Å². The summed E-state index contributed by atoms with van der Waals surface area (Å²) in [5, 5.41) is 2.98. The van der Waals surface area contributed by atoms with Crippen molar-refractivity contribution in [3.05, 3.63) is 49.6 Å². The quantitative estimate of drug-likeness (QED) is 0.820. The van der Waals surface area contributed by atoms with Crippen LogP contribution in [0.25, 0.3) is 0 Å². The molecule has 20 heavy (non-hydrogen) atoms. The molecule has 0 radical (unpaired) electrons. The van der Waals surface area contributed by atoms with E-state index in [-0.39, 0.29) is 5.91 Å². The van der Waals surface area contributed by atoms with Gasteiger partial charge in [0.1, 0.15) is 0 Å². The maximum Gasteiger partial charge on any atom is 0.265 e. The number of amides is 1. The molecule has 0 bridgehead atoms. The molecule has 1 aliphatic rings. The third-order valence-corrected chi connectivity index (χ3v) is 6.40. The van der Waals surface area contributed by atoms with Gasteiger partial charge in [-0.05, 0) is 54.5 Å². The zero-order valence-electron chi connectivity index (χ0n) is 11.0. The predicted molar refractivity (Wildman–Crippen MR) is 91.0 cm³/mol. The molecule has 2 heterocycles. The van der Waals surface area contributed by atoms with E-state index in [0.29, 0.717) is 0 Å². The van der Waals surface area contributed by atoms with Crippen molar-refractivity contribution in [3.63, 3.8) is 0 Å². The average molecular weight is 368 g/mol. The Hall–Kier alpha value is -0.780. The summed E-state index contributed by atoms with van der Waals surface area (Å²) in [4.78, 5) is 14.5. The van der Waals surface area contributed by atoms with Gasteiger partial charge in [-0.3, -0.25) is 4.79 Å². The summed E-state index contributed by atoms with van der Waals surface area (Å²) in [6, 6.07) is 7.90. The van der Waals surface area contributed by atoms with Crippen molar-refractivity contribution in [1.82, 2.24) is 0 Å². The molecule has 1 N–H and O–H groups in total. The first kappa shape index (κ1) is 14.2. The van der Waals surface area contributed by atoms with Crippen LogP contribution in [0.4, 0.5) is 5.69 Å². The fourth-order valence-electron chi connectivity index (χ4n) is 2.17. The molecule has 104 valence electrons. The second-order valence-electron chi connectivity index (χ2n) is 4.78. The summed E-state index contributed by atoms with van der Waals surface area (Å²) in [5.41, 5.74) is 3.30. The largest absolute Gasteiger partial charge is 0.321 e. The Kier molecular flexibility index (Phi) is 4.19.